The number of hydrogen-bond acceptors (Lipinski definition) is 15. The first-order chi connectivity index (χ1) is 43.8. The van der Waals surface area contributed by atoms with Crippen molar-refractivity contribution >= 4 is 39.5 Å². The van der Waals surface area contributed by atoms with E-state index in [1.54, 1.807) is 0 Å². The third kappa shape index (κ3) is 63.9. The molecule has 0 saturated carbocycles. The van der Waals surface area contributed by atoms with E-state index in [4.69, 9.17) is 37.0 Å². The van der Waals surface area contributed by atoms with Crippen molar-refractivity contribution < 1.29 is 80.2 Å². The van der Waals surface area contributed by atoms with E-state index in [1.165, 1.54) is 173 Å². The average molecular weight is 1340 g/mol. The summed E-state index contributed by atoms with van der Waals surface area (Å²) in [5.74, 6) is 0.149. The van der Waals surface area contributed by atoms with Crippen molar-refractivity contribution in [3.05, 3.63) is 0 Å². The van der Waals surface area contributed by atoms with E-state index >= 15 is 0 Å². The fourth-order valence-corrected chi connectivity index (χ4v) is 12.4. The Labute approximate surface area is 556 Å². The minimum absolute atomic E-state index is 0.104. The molecule has 0 amide bonds. The molecule has 0 aromatic rings. The van der Waals surface area contributed by atoms with Gasteiger partial charge in [0, 0.05) is 25.7 Å². The molecular formula is C72H140O17P2. The van der Waals surface area contributed by atoms with E-state index in [0.29, 0.717) is 25.7 Å². The van der Waals surface area contributed by atoms with Crippen LogP contribution in [0.4, 0.5) is 0 Å². The summed E-state index contributed by atoms with van der Waals surface area (Å²) < 4.78 is 68.4. The Kier molecular flexibility index (Phi) is 61.5. The number of carbonyl (C=O) groups is 4. The van der Waals surface area contributed by atoms with Crippen LogP contribution in [0.25, 0.3) is 0 Å². The third-order valence-corrected chi connectivity index (χ3v) is 19.3. The highest BCUT2D eigenvalue weighted by molar-refractivity contribution is 7.47. The van der Waals surface area contributed by atoms with E-state index in [2.05, 4.69) is 48.5 Å². The van der Waals surface area contributed by atoms with E-state index < -0.39 is 97.5 Å². The molecule has 3 N–H and O–H groups in total. The van der Waals surface area contributed by atoms with Crippen LogP contribution in [0.3, 0.4) is 0 Å². The lowest BCUT2D eigenvalue weighted by molar-refractivity contribution is -0.161. The lowest BCUT2D eigenvalue weighted by Gasteiger charge is -2.21. The molecule has 91 heavy (non-hydrogen) atoms. The van der Waals surface area contributed by atoms with Crippen LogP contribution in [0.15, 0.2) is 0 Å². The largest absolute Gasteiger partial charge is 0.472 e. The van der Waals surface area contributed by atoms with Gasteiger partial charge in [-0.1, -0.05) is 312 Å². The van der Waals surface area contributed by atoms with Gasteiger partial charge in [0.2, 0.25) is 0 Å². The lowest BCUT2D eigenvalue weighted by Crippen LogP contribution is -2.30. The highest BCUT2D eigenvalue weighted by Crippen LogP contribution is 2.45. The first-order valence-corrected chi connectivity index (χ1v) is 40.4. The number of phosphoric ester groups is 2. The zero-order valence-electron chi connectivity index (χ0n) is 59.3. The van der Waals surface area contributed by atoms with Crippen molar-refractivity contribution in [2.24, 2.45) is 17.8 Å². The molecule has 0 aliphatic heterocycles. The molecule has 0 aliphatic carbocycles. The zero-order chi connectivity index (χ0) is 67.3. The molecule has 0 fully saturated rings. The summed E-state index contributed by atoms with van der Waals surface area (Å²) in [5.41, 5.74) is 0. The average Bonchev–Trinajstić information content (AvgIpc) is 3.50. The molecule has 0 rings (SSSR count). The predicted octanol–water partition coefficient (Wildman–Crippen LogP) is 20.6. The molecular weight excluding hydrogens is 1200 g/mol. The van der Waals surface area contributed by atoms with E-state index in [0.717, 1.165) is 108 Å². The van der Waals surface area contributed by atoms with Crippen LogP contribution in [0, 0.1) is 17.8 Å². The van der Waals surface area contributed by atoms with E-state index in [1.807, 2.05) is 0 Å². The maximum atomic E-state index is 13.0. The molecule has 0 aromatic heterocycles. The molecule has 0 aliphatic rings. The van der Waals surface area contributed by atoms with Crippen LogP contribution < -0.4 is 0 Å². The Hall–Kier alpha value is -1.94. The molecule has 17 nitrogen and oxygen atoms in total. The number of ether oxygens (including phenoxy) is 4. The molecule has 0 saturated heterocycles. The van der Waals surface area contributed by atoms with Crippen molar-refractivity contribution in [3.8, 4) is 0 Å². The number of phosphoric acid groups is 2. The zero-order valence-corrected chi connectivity index (χ0v) is 61.1. The molecule has 0 radical (unpaired) electrons. The maximum absolute atomic E-state index is 13.0. The number of unbranched alkanes of at least 4 members (excludes halogenated alkanes) is 36. The third-order valence-electron chi connectivity index (χ3n) is 17.4. The molecule has 0 spiro atoms. The van der Waals surface area contributed by atoms with Gasteiger partial charge in [0.15, 0.2) is 12.2 Å². The summed E-state index contributed by atoms with van der Waals surface area (Å²) in [6, 6.07) is 0. The van der Waals surface area contributed by atoms with Gasteiger partial charge >= 0.3 is 39.5 Å². The highest BCUT2D eigenvalue weighted by atomic mass is 31.2. The van der Waals surface area contributed by atoms with Crippen LogP contribution in [0.1, 0.15) is 363 Å². The topological polar surface area (TPSA) is 237 Å². The normalized spacial score (nSPS) is 14.8. The van der Waals surface area contributed by atoms with Gasteiger partial charge in [0.05, 0.1) is 26.4 Å². The van der Waals surface area contributed by atoms with Gasteiger partial charge in [0.1, 0.15) is 19.3 Å². The number of hydrogen-bond donors (Lipinski definition) is 3. The summed E-state index contributed by atoms with van der Waals surface area (Å²) >= 11 is 0. The molecule has 4 unspecified atom stereocenters. The first kappa shape index (κ1) is 89.1. The van der Waals surface area contributed by atoms with E-state index in [9.17, 15) is 43.2 Å². The molecule has 7 atom stereocenters. The number of carbonyl (C=O) groups excluding carboxylic acids is 4. The van der Waals surface area contributed by atoms with Gasteiger partial charge in [-0.2, -0.15) is 0 Å². The highest BCUT2D eigenvalue weighted by Gasteiger charge is 2.30. The molecule has 540 valence electrons. The molecule has 0 bridgehead atoms. The standard InChI is InChI=1S/C72H140O17P2/c1-8-11-12-13-14-15-16-17-18-19-20-21-22-34-41-48-55-71(76)88-67(59-83-70(75)54-47-40-33-27-24-30-37-44-51-64(6)9-2)61-86-90(78,79)84-57-66(73)58-85-91(80,81)87-62-68(60-82-69(74)53-46-39-32-26-23-29-36-43-50-63(4)5)89-72(77)56-49-42-35-28-25-31-38-45-52-65(7)10-3/h63-68,73H,8-62H2,1-7H3,(H,78,79)(H,80,81)/t64?,65?,66-,67-,68-/m1/s1. The number of aliphatic hydroxyl groups excluding tert-OH is 1. The van der Waals surface area contributed by atoms with Gasteiger partial charge in [-0.25, -0.2) is 9.13 Å². The minimum Gasteiger partial charge on any atom is -0.462 e. The molecule has 19 heteroatoms. The predicted molar refractivity (Wildman–Crippen MR) is 368 cm³/mol. The van der Waals surface area contributed by atoms with Gasteiger partial charge in [-0.05, 0) is 43.4 Å². The van der Waals surface area contributed by atoms with Crippen molar-refractivity contribution in [1.29, 1.82) is 0 Å². The number of aliphatic hydroxyl groups is 1. The van der Waals surface area contributed by atoms with Gasteiger partial charge < -0.3 is 33.8 Å². The van der Waals surface area contributed by atoms with E-state index in [-0.39, 0.29) is 25.7 Å². The SMILES string of the molecule is CCCCCCCCCCCCCCCCCCC(=O)O[C@H](COC(=O)CCCCCCCCCCC(C)CC)COP(=O)(O)OC[C@@H](O)COP(=O)(O)OC[C@@H](COC(=O)CCCCCCCCCCC(C)C)OC(=O)CCCCCCCCCCC(C)CC. The first-order valence-electron chi connectivity index (χ1n) is 37.4. The Morgan fingerprint density at radius 2 is 0.560 bits per heavy atom. The second kappa shape index (κ2) is 62.8. The Balaban J connectivity index is 5.27. The Morgan fingerprint density at radius 3 is 0.835 bits per heavy atom. The number of rotatable bonds is 70. The minimum atomic E-state index is -4.95. The van der Waals surface area contributed by atoms with Gasteiger partial charge in [-0.3, -0.25) is 37.3 Å². The molecule has 0 heterocycles. The van der Waals surface area contributed by atoms with Crippen molar-refractivity contribution in [2.75, 3.05) is 39.6 Å². The smallest absolute Gasteiger partial charge is 0.462 e. The maximum Gasteiger partial charge on any atom is 0.472 e. The van der Waals surface area contributed by atoms with Crippen molar-refractivity contribution in [1.82, 2.24) is 0 Å². The van der Waals surface area contributed by atoms with Crippen molar-refractivity contribution in [3.63, 3.8) is 0 Å². The second-order valence-electron chi connectivity index (χ2n) is 26.9. The number of esters is 4. The van der Waals surface area contributed by atoms with Crippen LogP contribution in [0.5, 0.6) is 0 Å². The van der Waals surface area contributed by atoms with Crippen LogP contribution in [-0.4, -0.2) is 96.7 Å². The summed E-state index contributed by atoms with van der Waals surface area (Å²) in [4.78, 5) is 72.6. The quantitative estimate of drug-likeness (QED) is 0.0222. The fraction of sp³-hybridized carbons (Fsp3) is 0.944. The van der Waals surface area contributed by atoms with Gasteiger partial charge in [0.25, 0.3) is 0 Å². The van der Waals surface area contributed by atoms with Crippen LogP contribution in [-0.2, 0) is 65.4 Å². The summed E-state index contributed by atoms with van der Waals surface area (Å²) in [6.07, 6.45) is 47.1. The Bertz CT molecular complexity index is 1790. The Morgan fingerprint density at radius 1 is 0.319 bits per heavy atom. The summed E-state index contributed by atoms with van der Waals surface area (Å²) in [7, 11) is -9.91. The fourth-order valence-electron chi connectivity index (χ4n) is 10.8. The van der Waals surface area contributed by atoms with Crippen molar-refractivity contribution in [2.45, 2.75) is 381 Å². The summed E-state index contributed by atoms with van der Waals surface area (Å²) in [6.45, 7) is 11.8. The molecule has 0 aromatic carbocycles. The second-order valence-corrected chi connectivity index (χ2v) is 29.8. The summed E-state index contributed by atoms with van der Waals surface area (Å²) in [5, 5.41) is 10.6. The van der Waals surface area contributed by atoms with Gasteiger partial charge in [-0.15, -0.1) is 0 Å². The monoisotopic (exact) mass is 1340 g/mol. The van der Waals surface area contributed by atoms with Crippen LogP contribution >= 0.6 is 15.6 Å². The van der Waals surface area contributed by atoms with Crippen LogP contribution in [0.2, 0.25) is 0 Å². The lowest BCUT2D eigenvalue weighted by atomic mass is 9.99.